The van der Waals surface area contributed by atoms with Gasteiger partial charge in [0.25, 0.3) is 0 Å². The second-order valence-corrected chi connectivity index (χ2v) is 5.70. The summed E-state index contributed by atoms with van der Waals surface area (Å²) in [5.74, 6) is -0.923. The van der Waals surface area contributed by atoms with Crippen LogP contribution >= 0.6 is 0 Å². The predicted octanol–water partition coefficient (Wildman–Crippen LogP) is 2.04. The molecular weight excluding hydrogens is 304 g/mol. The molecule has 0 aromatic heterocycles. The molecule has 122 valence electrons. The van der Waals surface area contributed by atoms with Crippen LogP contribution in [-0.4, -0.2) is 29.2 Å². The molecule has 2 aromatic rings. The Labute approximate surface area is 140 Å². The van der Waals surface area contributed by atoms with Gasteiger partial charge in [0.1, 0.15) is 6.54 Å². The third-order valence-corrected chi connectivity index (χ3v) is 4.03. The van der Waals surface area contributed by atoms with Gasteiger partial charge in [0.05, 0.1) is 6.04 Å². The van der Waals surface area contributed by atoms with Crippen LogP contribution in [0.3, 0.4) is 0 Å². The molecule has 0 atom stereocenters. The van der Waals surface area contributed by atoms with Gasteiger partial charge in [-0.25, -0.2) is 0 Å². The van der Waals surface area contributed by atoms with Gasteiger partial charge in [-0.3, -0.25) is 19.3 Å². The standard InChI is InChI=1S/C19H18N2O3/c22-16(13-21-17(23)11-12-18(21)24)20-19(14-7-3-1-4-8-14)15-9-5-2-6-10-15/h1-10,19H,11-13H2,(H,20,22). The fourth-order valence-corrected chi connectivity index (χ4v) is 2.80. The molecule has 1 saturated heterocycles. The SMILES string of the molecule is O=C(CN1C(=O)CCC1=O)NC(c1ccccc1)c1ccccc1. The van der Waals surface area contributed by atoms with Gasteiger partial charge in [-0.2, -0.15) is 0 Å². The zero-order valence-corrected chi connectivity index (χ0v) is 13.1. The van der Waals surface area contributed by atoms with E-state index in [-0.39, 0.29) is 43.1 Å². The molecule has 24 heavy (non-hydrogen) atoms. The molecule has 1 aliphatic rings. The quantitative estimate of drug-likeness (QED) is 0.857. The van der Waals surface area contributed by atoms with Crippen molar-refractivity contribution in [3.63, 3.8) is 0 Å². The van der Waals surface area contributed by atoms with E-state index in [2.05, 4.69) is 5.32 Å². The first kappa shape index (κ1) is 15.9. The minimum Gasteiger partial charge on any atom is -0.344 e. The highest BCUT2D eigenvalue weighted by Gasteiger charge is 2.31. The highest BCUT2D eigenvalue weighted by Crippen LogP contribution is 2.22. The third kappa shape index (κ3) is 3.51. The van der Waals surface area contributed by atoms with E-state index in [1.165, 1.54) is 0 Å². The number of hydrogen-bond donors (Lipinski definition) is 1. The Balaban J connectivity index is 1.78. The lowest BCUT2D eigenvalue weighted by atomic mass is 9.99. The van der Waals surface area contributed by atoms with Crippen LogP contribution < -0.4 is 5.32 Å². The Bertz CT molecular complexity index is 688. The van der Waals surface area contributed by atoms with Gasteiger partial charge >= 0.3 is 0 Å². The van der Waals surface area contributed by atoms with Crippen LogP contribution in [0.4, 0.5) is 0 Å². The predicted molar refractivity (Wildman–Crippen MR) is 88.8 cm³/mol. The smallest absolute Gasteiger partial charge is 0.240 e. The van der Waals surface area contributed by atoms with E-state index < -0.39 is 0 Å². The number of imide groups is 1. The first-order valence-electron chi connectivity index (χ1n) is 7.87. The zero-order chi connectivity index (χ0) is 16.9. The first-order valence-corrected chi connectivity index (χ1v) is 7.87. The zero-order valence-electron chi connectivity index (χ0n) is 13.1. The second-order valence-electron chi connectivity index (χ2n) is 5.70. The fraction of sp³-hybridized carbons (Fsp3) is 0.211. The average Bonchev–Trinajstić information content (AvgIpc) is 2.93. The Morgan fingerprint density at radius 1 is 0.875 bits per heavy atom. The maximum atomic E-state index is 12.4. The highest BCUT2D eigenvalue weighted by molar-refractivity contribution is 6.04. The van der Waals surface area contributed by atoms with Crippen molar-refractivity contribution in [1.29, 1.82) is 0 Å². The number of benzene rings is 2. The maximum absolute atomic E-state index is 12.4. The van der Waals surface area contributed by atoms with Gasteiger partial charge in [0.15, 0.2) is 0 Å². The van der Waals surface area contributed by atoms with Crippen molar-refractivity contribution >= 4 is 17.7 Å². The van der Waals surface area contributed by atoms with Gasteiger partial charge in [0, 0.05) is 12.8 Å². The summed E-state index contributed by atoms with van der Waals surface area (Å²) < 4.78 is 0. The monoisotopic (exact) mass is 322 g/mol. The fourth-order valence-electron chi connectivity index (χ4n) is 2.80. The molecule has 0 saturated carbocycles. The summed E-state index contributed by atoms with van der Waals surface area (Å²) in [4.78, 5) is 36.8. The molecule has 0 unspecified atom stereocenters. The Morgan fingerprint density at radius 3 is 1.79 bits per heavy atom. The van der Waals surface area contributed by atoms with Crippen molar-refractivity contribution in [3.8, 4) is 0 Å². The molecule has 1 fully saturated rings. The molecule has 0 aliphatic carbocycles. The number of carbonyl (C=O) groups excluding carboxylic acids is 3. The number of rotatable bonds is 5. The van der Waals surface area contributed by atoms with Crippen molar-refractivity contribution in [3.05, 3.63) is 71.8 Å². The summed E-state index contributed by atoms with van der Waals surface area (Å²) in [6.07, 6.45) is 0.375. The molecule has 0 bridgehead atoms. The van der Waals surface area contributed by atoms with Crippen molar-refractivity contribution in [1.82, 2.24) is 10.2 Å². The molecule has 1 aliphatic heterocycles. The Morgan fingerprint density at radius 2 is 1.33 bits per heavy atom. The van der Waals surface area contributed by atoms with Crippen molar-refractivity contribution in [2.75, 3.05) is 6.54 Å². The number of nitrogens with zero attached hydrogens (tertiary/aromatic N) is 1. The van der Waals surface area contributed by atoms with Gasteiger partial charge in [-0.15, -0.1) is 0 Å². The summed E-state index contributed by atoms with van der Waals surface area (Å²) in [7, 11) is 0. The summed E-state index contributed by atoms with van der Waals surface area (Å²) in [6.45, 7) is -0.228. The van der Waals surface area contributed by atoms with Crippen molar-refractivity contribution in [2.45, 2.75) is 18.9 Å². The number of amides is 3. The van der Waals surface area contributed by atoms with Crippen LogP contribution in [0.5, 0.6) is 0 Å². The summed E-state index contributed by atoms with van der Waals surface area (Å²) >= 11 is 0. The maximum Gasteiger partial charge on any atom is 0.240 e. The molecule has 0 spiro atoms. The minimum absolute atomic E-state index is 0.187. The first-order chi connectivity index (χ1) is 11.6. The molecular formula is C19H18N2O3. The number of hydrogen-bond acceptors (Lipinski definition) is 3. The lowest BCUT2D eigenvalue weighted by molar-refractivity contribution is -0.142. The topological polar surface area (TPSA) is 66.5 Å². The molecule has 3 amide bonds. The molecule has 1 heterocycles. The normalized spacial score (nSPS) is 14.3. The van der Waals surface area contributed by atoms with Crippen LogP contribution in [0.2, 0.25) is 0 Å². The lowest BCUT2D eigenvalue weighted by Gasteiger charge is -2.21. The molecule has 0 radical (unpaired) electrons. The van der Waals surface area contributed by atoms with E-state index in [0.717, 1.165) is 16.0 Å². The number of nitrogens with one attached hydrogen (secondary N) is 1. The minimum atomic E-state index is -0.351. The number of likely N-dealkylation sites (tertiary alicyclic amines) is 1. The van der Waals surface area contributed by atoms with E-state index in [0.29, 0.717) is 0 Å². The molecule has 3 rings (SSSR count). The molecule has 5 nitrogen and oxygen atoms in total. The van der Waals surface area contributed by atoms with Crippen LogP contribution in [0.25, 0.3) is 0 Å². The summed E-state index contributed by atoms with van der Waals surface area (Å²) in [6, 6.07) is 18.9. The van der Waals surface area contributed by atoms with Gasteiger partial charge in [0.2, 0.25) is 17.7 Å². The molecule has 2 aromatic carbocycles. The Kier molecular flexibility index (Phi) is 4.70. The van der Waals surface area contributed by atoms with E-state index in [1.54, 1.807) is 0 Å². The average molecular weight is 322 g/mol. The van der Waals surface area contributed by atoms with Gasteiger partial charge in [-0.1, -0.05) is 60.7 Å². The van der Waals surface area contributed by atoms with E-state index >= 15 is 0 Å². The van der Waals surface area contributed by atoms with Crippen LogP contribution in [0, 0.1) is 0 Å². The van der Waals surface area contributed by atoms with Gasteiger partial charge < -0.3 is 5.32 Å². The van der Waals surface area contributed by atoms with Crippen molar-refractivity contribution < 1.29 is 14.4 Å². The van der Waals surface area contributed by atoms with Crippen molar-refractivity contribution in [2.24, 2.45) is 0 Å². The summed E-state index contributed by atoms with van der Waals surface area (Å²) in [5, 5.41) is 2.93. The highest BCUT2D eigenvalue weighted by atomic mass is 16.2. The third-order valence-electron chi connectivity index (χ3n) is 4.03. The van der Waals surface area contributed by atoms with E-state index in [1.807, 2.05) is 60.7 Å². The van der Waals surface area contributed by atoms with Crippen LogP contribution in [-0.2, 0) is 14.4 Å². The van der Waals surface area contributed by atoms with E-state index in [4.69, 9.17) is 0 Å². The van der Waals surface area contributed by atoms with E-state index in [9.17, 15) is 14.4 Å². The Hall–Kier alpha value is -2.95. The van der Waals surface area contributed by atoms with Gasteiger partial charge in [-0.05, 0) is 11.1 Å². The van der Waals surface area contributed by atoms with Crippen LogP contribution in [0.15, 0.2) is 60.7 Å². The summed E-state index contributed by atoms with van der Waals surface area (Å²) in [5.41, 5.74) is 1.88. The largest absolute Gasteiger partial charge is 0.344 e. The lowest BCUT2D eigenvalue weighted by Crippen LogP contribution is -2.41. The second kappa shape index (κ2) is 7.08. The van der Waals surface area contributed by atoms with Crippen LogP contribution in [0.1, 0.15) is 30.0 Å². The molecule has 5 heteroatoms. The molecule has 1 N–H and O–H groups in total. The number of carbonyl (C=O) groups is 3.